The summed E-state index contributed by atoms with van der Waals surface area (Å²) >= 11 is 0. The summed E-state index contributed by atoms with van der Waals surface area (Å²) in [6.45, 7) is 15.9. The smallest absolute Gasteiger partial charge is 0.164 e. The minimum absolute atomic E-state index is 0. The summed E-state index contributed by atoms with van der Waals surface area (Å²) in [4.78, 5) is 20.8. The summed E-state index contributed by atoms with van der Waals surface area (Å²) in [5.41, 5.74) is 4.79. The van der Waals surface area contributed by atoms with Crippen LogP contribution < -0.4 is 0 Å². The topological polar surface area (TPSA) is 63.1 Å². The first-order chi connectivity index (χ1) is 17.4. The summed E-state index contributed by atoms with van der Waals surface area (Å²) in [6.07, 6.45) is 4.72. The number of aliphatic hydroxyl groups excluding tert-OH is 1. The third-order valence-corrected chi connectivity index (χ3v) is 7.36. The van der Waals surface area contributed by atoms with Crippen LogP contribution in [0.4, 0.5) is 0 Å². The van der Waals surface area contributed by atoms with Gasteiger partial charge in [0.1, 0.15) is 12.1 Å². The fraction of sp³-hybridized carbons (Fsp3) is 0.364. The molecule has 0 aliphatic carbocycles. The molecular weight excluding hydrogens is 649 g/mol. The zero-order valence-electron chi connectivity index (χ0n) is 23.8. The molecule has 0 unspecified atom stereocenters. The van der Waals surface area contributed by atoms with Gasteiger partial charge in [0.15, 0.2) is 5.78 Å². The fourth-order valence-electron chi connectivity index (χ4n) is 4.16. The molecule has 0 saturated carbocycles. The van der Waals surface area contributed by atoms with Crippen molar-refractivity contribution in [3.8, 4) is 11.3 Å². The van der Waals surface area contributed by atoms with Crippen LogP contribution in [-0.2, 0) is 24.9 Å². The number of hydrogen-bond donors (Lipinski definition) is 1. The van der Waals surface area contributed by atoms with Crippen molar-refractivity contribution in [3.05, 3.63) is 83.9 Å². The van der Waals surface area contributed by atoms with Gasteiger partial charge in [-0.1, -0.05) is 65.8 Å². The molecule has 4 aromatic rings. The van der Waals surface area contributed by atoms with Gasteiger partial charge < -0.3 is 5.11 Å². The average molecular weight is 688 g/mol. The first kappa shape index (κ1) is 31.3. The van der Waals surface area contributed by atoms with Crippen LogP contribution in [0.2, 0.25) is 0 Å². The molecule has 3 aromatic carbocycles. The first-order valence-corrected chi connectivity index (χ1v) is 13.0. The van der Waals surface area contributed by atoms with E-state index in [2.05, 4.69) is 54.1 Å². The second-order valence-corrected chi connectivity index (χ2v) is 11.0. The molecule has 1 aromatic heterocycles. The molecule has 4 nitrogen and oxygen atoms in total. The maximum atomic E-state index is 11.7. The standard InChI is InChI=1S/C20H15N2.C13H24O2.Ir/c1-13-8-9-14(2)18-16(13)10-11-17-19(21-12-22-20(17)18)15-6-4-3-5-7-15;1-7-13(6,8-2)11(15)9-10(14)12(3,4)5;/h3-6,8-12H,1-2H3;9,15H,7-8H2,1-6H3;/q-1;;/b;11-9-;. The number of aliphatic hydroxyl groups is 1. The van der Waals surface area contributed by atoms with Gasteiger partial charge in [0.25, 0.3) is 0 Å². The van der Waals surface area contributed by atoms with E-state index in [0.717, 1.165) is 35.0 Å². The van der Waals surface area contributed by atoms with E-state index in [1.54, 1.807) is 6.33 Å². The molecule has 0 saturated heterocycles. The van der Waals surface area contributed by atoms with E-state index in [-0.39, 0.29) is 37.1 Å². The van der Waals surface area contributed by atoms with Gasteiger partial charge in [0, 0.05) is 42.4 Å². The van der Waals surface area contributed by atoms with Crippen LogP contribution in [0.15, 0.2) is 66.7 Å². The van der Waals surface area contributed by atoms with Crippen molar-refractivity contribution < 1.29 is 30.0 Å². The predicted octanol–water partition coefficient (Wildman–Crippen LogP) is 8.73. The Hall–Kier alpha value is -2.88. The third kappa shape index (κ3) is 6.76. The van der Waals surface area contributed by atoms with Gasteiger partial charge in [-0.25, -0.2) is 4.98 Å². The molecule has 0 aliphatic heterocycles. The number of fused-ring (bicyclic) bond motifs is 3. The molecule has 0 atom stereocenters. The third-order valence-electron chi connectivity index (χ3n) is 7.36. The van der Waals surface area contributed by atoms with E-state index in [0.29, 0.717) is 0 Å². The van der Waals surface area contributed by atoms with E-state index in [1.165, 1.54) is 28.0 Å². The molecule has 1 radical (unpaired) electrons. The van der Waals surface area contributed by atoms with E-state index in [4.69, 9.17) is 0 Å². The van der Waals surface area contributed by atoms with Crippen LogP contribution in [0, 0.1) is 30.7 Å². The van der Waals surface area contributed by atoms with Crippen molar-refractivity contribution in [3.63, 3.8) is 0 Å². The monoisotopic (exact) mass is 688 g/mol. The van der Waals surface area contributed by atoms with Crippen molar-refractivity contribution in [2.45, 2.75) is 68.2 Å². The number of allylic oxidation sites excluding steroid dienone is 2. The number of carbonyl (C=O) groups is 1. The summed E-state index contributed by atoms with van der Waals surface area (Å²) in [5.74, 6) is 0.195. The number of rotatable bonds is 5. The second kappa shape index (κ2) is 12.8. The zero-order chi connectivity index (χ0) is 27.4. The van der Waals surface area contributed by atoms with Crippen LogP contribution in [0.1, 0.15) is 65.5 Å². The van der Waals surface area contributed by atoms with Crippen LogP contribution in [0.3, 0.4) is 0 Å². The number of aryl methyl sites for hydroxylation is 2. The molecule has 38 heavy (non-hydrogen) atoms. The summed E-state index contributed by atoms with van der Waals surface area (Å²) in [5, 5.41) is 13.5. The van der Waals surface area contributed by atoms with Gasteiger partial charge in [-0.15, -0.1) is 35.9 Å². The Morgan fingerprint density at radius 3 is 2.13 bits per heavy atom. The number of benzene rings is 3. The van der Waals surface area contributed by atoms with Gasteiger partial charge in [0.05, 0.1) is 5.52 Å². The summed E-state index contributed by atoms with van der Waals surface area (Å²) < 4.78 is 0. The van der Waals surface area contributed by atoms with Gasteiger partial charge in [-0.05, 0) is 54.3 Å². The van der Waals surface area contributed by atoms with Crippen LogP contribution >= 0.6 is 0 Å². The predicted molar refractivity (Wildman–Crippen MR) is 155 cm³/mol. The van der Waals surface area contributed by atoms with Gasteiger partial charge in [-0.2, -0.15) is 0 Å². The first-order valence-electron chi connectivity index (χ1n) is 13.0. The van der Waals surface area contributed by atoms with E-state index >= 15 is 0 Å². The van der Waals surface area contributed by atoms with Crippen molar-refractivity contribution in [1.29, 1.82) is 0 Å². The van der Waals surface area contributed by atoms with Crippen molar-refractivity contribution >= 4 is 27.5 Å². The zero-order valence-corrected chi connectivity index (χ0v) is 26.2. The van der Waals surface area contributed by atoms with Gasteiger partial charge >= 0.3 is 0 Å². The van der Waals surface area contributed by atoms with E-state index in [9.17, 15) is 9.90 Å². The number of hydrogen-bond acceptors (Lipinski definition) is 4. The Morgan fingerprint density at radius 1 is 0.921 bits per heavy atom. The second-order valence-electron chi connectivity index (χ2n) is 11.0. The molecule has 203 valence electrons. The Balaban J connectivity index is 0.000000282. The van der Waals surface area contributed by atoms with Crippen LogP contribution in [0.25, 0.3) is 32.9 Å². The molecule has 5 heteroatoms. The Labute approximate surface area is 241 Å². The SMILES string of the molecule is CCC(C)(CC)/C(O)=C/C(=O)C(C)(C)C.Cc1ccc(C)c2c1ccc1c(-c3[c-]cccc3)ncnc12.[Ir]. The Bertz CT molecular complexity index is 1430. The largest absolute Gasteiger partial charge is 0.512 e. The maximum Gasteiger partial charge on any atom is 0.164 e. The number of nitrogens with zero attached hydrogens (tertiary/aromatic N) is 2. The minimum atomic E-state index is -0.420. The molecule has 0 fully saturated rings. The normalized spacial score (nSPS) is 12.1. The molecule has 0 bridgehead atoms. The molecule has 1 N–H and O–H groups in total. The van der Waals surface area contributed by atoms with Crippen LogP contribution in [0.5, 0.6) is 0 Å². The van der Waals surface area contributed by atoms with E-state index < -0.39 is 5.41 Å². The fourth-order valence-corrected chi connectivity index (χ4v) is 4.16. The molecular formula is C33H39IrN2O2-. The average Bonchev–Trinajstić information content (AvgIpc) is 2.89. The minimum Gasteiger partial charge on any atom is -0.512 e. The van der Waals surface area contributed by atoms with Gasteiger partial charge in [-0.3, -0.25) is 9.78 Å². The molecule has 4 rings (SSSR count). The summed E-state index contributed by atoms with van der Waals surface area (Å²) in [7, 11) is 0. The van der Waals surface area contributed by atoms with Crippen LogP contribution in [-0.4, -0.2) is 20.9 Å². The molecule has 0 spiro atoms. The number of aromatic nitrogens is 2. The van der Waals surface area contributed by atoms with Crippen molar-refractivity contribution in [2.75, 3.05) is 0 Å². The molecule has 0 amide bonds. The Kier molecular flexibility index (Phi) is 10.5. The molecule has 0 aliphatic rings. The maximum absolute atomic E-state index is 11.7. The van der Waals surface area contributed by atoms with Gasteiger partial charge in [0.2, 0.25) is 0 Å². The van der Waals surface area contributed by atoms with Crippen molar-refractivity contribution in [2.24, 2.45) is 10.8 Å². The van der Waals surface area contributed by atoms with E-state index in [1.807, 2.05) is 65.8 Å². The molecule has 1 heterocycles. The van der Waals surface area contributed by atoms with Crippen molar-refractivity contribution in [1.82, 2.24) is 9.97 Å². The number of ketones is 1. The number of carbonyl (C=O) groups excluding carboxylic acids is 1. The Morgan fingerprint density at radius 2 is 1.55 bits per heavy atom. The summed E-state index contributed by atoms with van der Waals surface area (Å²) in [6, 6.07) is 19.8. The quantitative estimate of drug-likeness (QED) is 0.0987.